The fourth-order valence-corrected chi connectivity index (χ4v) is 4.59. The van der Waals surface area contributed by atoms with Crippen LogP contribution < -0.4 is 11.1 Å². The van der Waals surface area contributed by atoms with E-state index in [0.717, 1.165) is 68.7 Å². The van der Waals surface area contributed by atoms with E-state index in [1.54, 1.807) is 0 Å². The smallest absolute Gasteiger partial charge is 0.227 e. The molecule has 0 atom stereocenters. The van der Waals surface area contributed by atoms with Gasteiger partial charge < -0.3 is 20.9 Å². The molecule has 2 aromatic carbocycles. The Morgan fingerprint density at radius 3 is 2.52 bits per heavy atom. The number of nitrogen functional groups attached to an aromatic ring is 1. The molecule has 3 N–H and O–H groups in total. The standard InChI is InChI=1S/C24H32Cl2N4O/c1-28-20-7-6-18-16-23(31)30(12-8-19(18)15-20)11-4-10-29(2)9-3-5-17-13-21(25)24(27)22(26)14-17/h6-7,13-15,28H,3-5,8-12,16,27H2,1-2H3. The van der Waals surface area contributed by atoms with Gasteiger partial charge in [-0.3, -0.25) is 4.79 Å². The lowest BCUT2D eigenvalue weighted by Crippen LogP contribution is -2.35. The topological polar surface area (TPSA) is 61.6 Å². The van der Waals surface area contributed by atoms with Crippen LogP contribution in [0.3, 0.4) is 0 Å². The zero-order chi connectivity index (χ0) is 22.4. The molecule has 1 aliphatic rings. The van der Waals surface area contributed by atoms with E-state index in [9.17, 15) is 4.79 Å². The Kier molecular flexibility index (Phi) is 8.47. The van der Waals surface area contributed by atoms with Crippen LogP contribution in [0.4, 0.5) is 11.4 Å². The Morgan fingerprint density at radius 1 is 1.10 bits per heavy atom. The van der Waals surface area contributed by atoms with Gasteiger partial charge in [0, 0.05) is 25.8 Å². The molecule has 0 aromatic heterocycles. The maximum absolute atomic E-state index is 12.7. The number of nitrogens with zero attached hydrogens (tertiary/aromatic N) is 2. The van der Waals surface area contributed by atoms with Crippen LogP contribution >= 0.6 is 23.2 Å². The highest BCUT2D eigenvalue weighted by molar-refractivity contribution is 6.38. The molecule has 0 radical (unpaired) electrons. The minimum atomic E-state index is 0.232. The average molecular weight is 463 g/mol. The Morgan fingerprint density at radius 2 is 1.81 bits per heavy atom. The maximum atomic E-state index is 12.7. The lowest BCUT2D eigenvalue weighted by atomic mass is 10.0. The first kappa shape index (κ1) is 23.7. The number of amides is 1. The number of anilines is 2. The zero-order valence-corrected chi connectivity index (χ0v) is 19.9. The van der Waals surface area contributed by atoms with E-state index in [1.807, 2.05) is 30.1 Å². The fraction of sp³-hybridized carbons (Fsp3) is 0.458. The molecule has 1 aliphatic heterocycles. The SMILES string of the molecule is CNc1ccc2c(c1)CCN(CCCN(C)CCCc1cc(Cl)c(N)c(Cl)c1)C(=O)C2. The summed E-state index contributed by atoms with van der Waals surface area (Å²) in [5, 5.41) is 4.21. The van der Waals surface area contributed by atoms with E-state index >= 15 is 0 Å². The molecule has 0 bridgehead atoms. The van der Waals surface area contributed by atoms with Crippen LogP contribution in [0.5, 0.6) is 0 Å². The van der Waals surface area contributed by atoms with Crippen LogP contribution in [-0.2, 0) is 24.1 Å². The van der Waals surface area contributed by atoms with Gasteiger partial charge in [0.05, 0.1) is 22.2 Å². The quantitative estimate of drug-likeness (QED) is 0.538. The lowest BCUT2D eigenvalue weighted by molar-refractivity contribution is -0.130. The Hall–Kier alpha value is -1.95. The highest BCUT2D eigenvalue weighted by Gasteiger charge is 2.20. The number of hydrogen-bond donors (Lipinski definition) is 2. The number of carbonyl (C=O) groups is 1. The molecule has 2 aromatic rings. The van der Waals surface area contributed by atoms with E-state index in [2.05, 4.69) is 29.4 Å². The van der Waals surface area contributed by atoms with Crippen LogP contribution in [0.25, 0.3) is 0 Å². The Bertz CT molecular complexity index is 895. The van der Waals surface area contributed by atoms with Gasteiger partial charge in [0.2, 0.25) is 5.91 Å². The Balaban J connectivity index is 1.40. The van der Waals surface area contributed by atoms with Crippen LogP contribution in [-0.4, -0.2) is 56.0 Å². The van der Waals surface area contributed by atoms with Gasteiger partial charge >= 0.3 is 0 Å². The van der Waals surface area contributed by atoms with Crippen molar-refractivity contribution in [2.24, 2.45) is 0 Å². The zero-order valence-electron chi connectivity index (χ0n) is 18.4. The first-order valence-electron chi connectivity index (χ1n) is 10.9. The van der Waals surface area contributed by atoms with Crippen LogP contribution in [0.1, 0.15) is 29.5 Å². The van der Waals surface area contributed by atoms with Gasteiger partial charge in [-0.2, -0.15) is 0 Å². The molecule has 168 valence electrons. The number of aryl methyl sites for hydroxylation is 1. The van der Waals surface area contributed by atoms with Gasteiger partial charge in [0.25, 0.3) is 0 Å². The minimum absolute atomic E-state index is 0.232. The second kappa shape index (κ2) is 11.1. The first-order valence-corrected chi connectivity index (χ1v) is 11.6. The summed E-state index contributed by atoms with van der Waals surface area (Å²) < 4.78 is 0. The summed E-state index contributed by atoms with van der Waals surface area (Å²) in [5.74, 6) is 0.232. The van der Waals surface area contributed by atoms with Crippen molar-refractivity contribution in [3.8, 4) is 0 Å². The third kappa shape index (κ3) is 6.52. The predicted molar refractivity (Wildman–Crippen MR) is 131 cm³/mol. The van der Waals surface area contributed by atoms with Gasteiger partial charge in [-0.25, -0.2) is 0 Å². The molecular formula is C24H32Cl2N4O. The van der Waals surface area contributed by atoms with Crippen molar-refractivity contribution in [2.45, 2.75) is 32.1 Å². The number of carbonyl (C=O) groups excluding carboxylic acids is 1. The summed E-state index contributed by atoms with van der Waals surface area (Å²) in [5.41, 5.74) is 10.9. The molecule has 0 fully saturated rings. The van der Waals surface area contributed by atoms with E-state index in [0.29, 0.717) is 22.2 Å². The molecule has 3 rings (SSSR count). The predicted octanol–water partition coefficient (Wildman–Crippen LogP) is 4.50. The lowest BCUT2D eigenvalue weighted by Gasteiger charge is -2.23. The third-order valence-corrected chi connectivity index (χ3v) is 6.58. The molecular weight excluding hydrogens is 431 g/mol. The van der Waals surface area contributed by atoms with E-state index in [4.69, 9.17) is 28.9 Å². The second-order valence-electron chi connectivity index (χ2n) is 8.27. The molecule has 5 nitrogen and oxygen atoms in total. The molecule has 31 heavy (non-hydrogen) atoms. The van der Waals surface area contributed by atoms with Gasteiger partial charge in [0.1, 0.15) is 0 Å². The molecule has 1 heterocycles. The van der Waals surface area contributed by atoms with Crippen molar-refractivity contribution in [1.29, 1.82) is 0 Å². The minimum Gasteiger partial charge on any atom is -0.396 e. The maximum Gasteiger partial charge on any atom is 0.227 e. The summed E-state index contributed by atoms with van der Waals surface area (Å²) in [7, 11) is 4.05. The monoisotopic (exact) mass is 462 g/mol. The molecule has 7 heteroatoms. The molecule has 1 amide bonds. The number of benzene rings is 2. The van der Waals surface area contributed by atoms with Gasteiger partial charge in [0.15, 0.2) is 0 Å². The molecule has 0 unspecified atom stereocenters. The number of hydrogen-bond acceptors (Lipinski definition) is 4. The van der Waals surface area contributed by atoms with Crippen molar-refractivity contribution in [1.82, 2.24) is 9.80 Å². The number of rotatable bonds is 9. The van der Waals surface area contributed by atoms with Crippen molar-refractivity contribution in [2.75, 3.05) is 51.3 Å². The highest BCUT2D eigenvalue weighted by Crippen LogP contribution is 2.29. The second-order valence-corrected chi connectivity index (χ2v) is 9.09. The van der Waals surface area contributed by atoms with Crippen molar-refractivity contribution >= 4 is 40.5 Å². The summed E-state index contributed by atoms with van der Waals surface area (Å²) in [6.07, 6.45) is 4.31. The fourth-order valence-electron chi connectivity index (χ4n) is 4.06. The van der Waals surface area contributed by atoms with Gasteiger partial charge in [-0.1, -0.05) is 29.3 Å². The highest BCUT2D eigenvalue weighted by atomic mass is 35.5. The molecule has 0 aliphatic carbocycles. The van der Waals surface area contributed by atoms with Gasteiger partial charge in [-0.15, -0.1) is 0 Å². The van der Waals surface area contributed by atoms with Crippen LogP contribution in [0, 0.1) is 0 Å². The third-order valence-electron chi connectivity index (χ3n) is 5.95. The number of fused-ring (bicyclic) bond motifs is 1. The van der Waals surface area contributed by atoms with Crippen LogP contribution in [0.15, 0.2) is 30.3 Å². The summed E-state index contributed by atoms with van der Waals surface area (Å²) in [6, 6.07) is 10.1. The molecule has 0 saturated carbocycles. The molecule has 0 spiro atoms. The van der Waals surface area contributed by atoms with Gasteiger partial charge in [-0.05, 0) is 86.8 Å². The van der Waals surface area contributed by atoms with E-state index < -0.39 is 0 Å². The number of nitrogens with two attached hydrogens (primary N) is 1. The normalized spacial score (nSPS) is 14.0. The summed E-state index contributed by atoms with van der Waals surface area (Å²) in [6.45, 7) is 3.54. The number of nitrogens with one attached hydrogen (secondary N) is 1. The van der Waals surface area contributed by atoms with Crippen molar-refractivity contribution in [3.05, 3.63) is 57.1 Å². The first-order chi connectivity index (χ1) is 14.9. The van der Waals surface area contributed by atoms with Crippen molar-refractivity contribution in [3.63, 3.8) is 0 Å². The van der Waals surface area contributed by atoms with E-state index in [1.165, 1.54) is 5.56 Å². The van der Waals surface area contributed by atoms with Crippen LogP contribution in [0.2, 0.25) is 10.0 Å². The number of halogens is 2. The largest absolute Gasteiger partial charge is 0.396 e. The summed E-state index contributed by atoms with van der Waals surface area (Å²) in [4.78, 5) is 17.0. The van der Waals surface area contributed by atoms with E-state index in [-0.39, 0.29) is 5.91 Å². The average Bonchev–Trinajstić information content (AvgIpc) is 2.90. The Labute approximate surface area is 195 Å². The summed E-state index contributed by atoms with van der Waals surface area (Å²) >= 11 is 12.2. The molecule has 0 saturated heterocycles. The van der Waals surface area contributed by atoms with Crippen molar-refractivity contribution < 1.29 is 4.79 Å².